The third-order valence-corrected chi connectivity index (χ3v) is 10.6. The van der Waals surface area contributed by atoms with E-state index >= 15 is 0 Å². The molecule has 2 aliphatic rings. The summed E-state index contributed by atoms with van der Waals surface area (Å²) in [6, 6.07) is 27.2. The van der Waals surface area contributed by atoms with Crippen LogP contribution in [0.25, 0.3) is 39.5 Å². The molecule has 1 aliphatic heterocycles. The Morgan fingerprint density at radius 3 is 2.35 bits per heavy atom. The van der Waals surface area contributed by atoms with Crippen LogP contribution in [0, 0.1) is 9.02 Å². The number of fused-ring (bicyclic) bond motifs is 1. The minimum Gasteiger partial charge on any atom is -0.487 e. The van der Waals surface area contributed by atoms with Gasteiger partial charge < -0.3 is 15.8 Å². The highest BCUT2D eigenvalue weighted by Crippen LogP contribution is 2.39. The number of nitrogens with one attached hydrogen (secondary N) is 1. The summed E-state index contributed by atoms with van der Waals surface area (Å²) in [6.07, 6.45) is 8.74. The fourth-order valence-electron chi connectivity index (χ4n) is 6.99. The SMILES string of the molecule is Nc1ncccc1-c1nc2ccc(-c3ccccc3)nc2n1-c1ccc(CN2CCC(Nc3c(OC4CCCC4)c(=S)c3=S)CC2)cc1. The fraction of sp³-hybridized carbons (Fsp3) is 0.289. The van der Waals surface area contributed by atoms with Crippen molar-refractivity contribution in [2.45, 2.75) is 57.2 Å². The van der Waals surface area contributed by atoms with Gasteiger partial charge in [0, 0.05) is 43.1 Å². The second-order valence-electron chi connectivity index (χ2n) is 12.9. The molecule has 242 valence electrons. The van der Waals surface area contributed by atoms with Gasteiger partial charge in [0.05, 0.1) is 27.6 Å². The topological polar surface area (TPSA) is 94.1 Å². The quantitative estimate of drug-likeness (QED) is 0.147. The van der Waals surface area contributed by atoms with Crippen molar-refractivity contribution in [1.29, 1.82) is 0 Å². The van der Waals surface area contributed by atoms with Gasteiger partial charge >= 0.3 is 0 Å². The smallest absolute Gasteiger partial charge is 0.165 e. The van der Waals surface area contributed by atoms with E-state index < -0.39 is 0 Å². The van der Waals surface area contributed by atoms with Crippen molar-refractivity contribution in [2.24, 2.45) is 0 Å². The lowest BCUT2D eigenvalue weighted by molar-refractivity contribution is 0.204. The van der Waals surface area contributed by atoms with Gasteiger partial charge in [-0.05, 0) is 80.5 Å². The molecule has 3 aromatic heterocycles. The van der Waals surface area contributed by atoms with Crippen LogP contribution in [0.15, 0.2) is 85.1 Å². The number of piperidine rings is 1. The van der Waals surface area contributed by atoms with E-state index in [0.29, 0.717) is 22.2 Å². The highest BCUT2D eigenvalue weighted by molar-refractivity contribution is 7.74. The van der Waals surface area contributed by atoms with E-state index in [1.807, 2.05) is 42.5 Å². The molecular formula is C38H37N7OS2. The van der Waals surface area contributed by atoms with Crippen molar-refractivity contribution in [3.63, 3.8) is 0 Å². The Morgan fingerprint density at radius 2 is 1.60 bits per heavy atom. The van der Waals surface area contributed by atoms with E-state index in [1.54, 1.807) is 6.20 Å². The first-order valence-electron chi connectivity index (χ1n) is 16.8. The Morgan fingerprint density at radius 1 is 0.833 bits per heavy atom. The molecule has 8 nitrogen and oxygen atoms in total. The molecule has 3 aromatic carbocycles. The molecule has 0 bridgehead atoms. The van der Waals surface area contributed by atoms with E-state index in [2.05, 4.69) is 56.2 Å². The van der Waals surface area contributed by atoms with Crippen LogP contribution >= 0.6 is 24.4 Å². The number of rotatable bonds is 9. The summed E-state index contributed by atoms with van der Waals surface area (Å²) >= 11 is 11.1. The second-order valence-corrected chi connectivity index (χ2v) is 13.7. The number of hydrogen-bond donors (Lipinski definition) is 2. The molecule has 1 saturated carbocycles. The van der Waals surface area contributed by atoms with Crippen LogP contribution in [0.2, 0.25) is 0 Å². The molecule has 3 N–H and O–H groups in total. The van der Waals surface area contributed by atoms with Crippen molar-refractivity contribution in [2.75, 3.05) is 24.1 Å². The molecule has 0 amide bonds. The molecule has 6 aromatic rings. The van der Waals surface area contributed by atoms with E-state index in [-0.39, 0.29) is 6.10 Å². The second kappa shape index (κ2) is 13.2. The molecule has 0 radical (unpaired) electrons. The molecule has 10 heteroatoms. The number of imidazole rings is 1. The molecule has 0 atom stereocenters. The molecule has 0 unspecified atom stereocenters. The van der Waals surface area contributed by atoms with Crippen LogP contribution in [0.5, 0.6) is 5.75 Å². The van der Waals surface area contributed by atoms with Crippen molar-refractivity contribution >= 4 is 47.1 Å². The number of ether oxygens (including phenoxy) is 1. The summed E-state index contributed by atoms with van der Waals surface area (Å²) in [5.41, 5.74) is 13.8. The van der Waals surface area contributed by atoms with Gasteiger partial charge in [0.25, 0.3) is 0 Å². The standard InChI is InChI=1S/C38H37N7OS2/c39-36-29(11-6-20-40-36)37-43-31-17-16-30(25-7-2-1-3-8-25)42-38(31)45(37)27-14-12-24(13-15-27)23-44-21-18-26(19-22-44)41-32-33(35(48)34(32)47)46-28-9-4-5-10-28/h1-3,6-8,11-17,20,26,28,41H,4-5,9-10,18-19,21-23H2,(H2,39,40). The summed E-state index contributed by atoms with van der Waals surface area (Å²) in [5, 5.41) is 3.69. The first kappa shape index (κ1) is 30.8. The van der Waals surface area contributed by atoms with E-state index in [9.17, 15) is 0 Å². The third kappa shape index (κ3) is 6.00. The number of benzene rings is 2. The van der Waals surface area contributed by atoms with Crippen molar-refractivity contribution in [3.8, 4) is 34.1 Å². The number of hydrogen-bond acceptors (Lipinski definition) is 9. The molecule has 1 aliphatic carbocycles. The maximum absolute atomic E-state index is 6.35. The average molecular weight is 672 g/mol. The number of nitrogens with zero attached hydrogens (tertiary/aromatic N) is 5. The lowest BCUT2D eigenvalue weighted by Crippen LogP contribution is -2.39. The largest absolute Gasteiger partial charge is 0.487 e. The van der Waals surface area contributed by atoms with Crippen LogP contribution in [0.3, 0.4) is 0 Å². The molecule has 1 saturated heterocycles. The van der Waals surface area contributed by atoms with E-state index in [4.69, 9.17) is 44.9 Å². The lowest BCUT2D eigenvalue weighted by Gasteiger charge is -2.34. The number of aromatic nitrogens is 4. The summed E-state index contributed by atoms with van der Waals surface area (Å²) in [6.45, 7) is 2.90. The molecule has 4 heterocycles. The van der Waals surface area contributed by atoms with Crippen LogP contribution in [-0.2, 0) is 6.54 Å². The van der Waals surface area contributed by atoms with Gasteiger partial charge in [0.15, 0.2) is 17.2 Å². The Hall–Kier alpha value is -4.51. The minimum absolute atomic E-state index is 0.279. The van der Waals surface area contributed by atoms with Crippen molar-refractivity contribution in [1.82, 2.24) is 24.4 Å². The summed E-state index contributed by atoms with van der Waals surface area (Å²) in [7, 11) is 0. The molecule has 2 fully saturated rings. The molecule has 0 spiro atoms. The van der Waals surface area contributed by atoms with Crippen LogP contribution in [0.4, 0.5) is 11.5 Å². The van der Waals surface area contributed by atoms with Gasteiger partial charge in [-0.25, -0.2) is 15.0 Å². The van der Waals surface area contributed by atoms with Crippen LogP contribution in [-0.4, -0.2) is 49.7 Å². The lowest BCUT2D eigenvalue weighted by atomic mass is 10.0. The number of pyridine rings is 2. The Balaban J connectivity index is 0.990. The van der Waals surface area contributed by atoms with Crippen molar-refractivity contribution in [3.05, 3.63) is 99.6 Å². The van der Waals surface area contributed by atoms with Crippen LogP contribution in [0.1, 0.15) is 44.1 Å². The highest BCUT2D eigenvalue weighted by Gasteiger charge is 2.27. The maximum Gasteiger partial charge on any atom is 0.165 e. The highest BCUT2D eigenvalue weighted by atomic mass is 32.1. The Bertz CT molecular complexity index is 2140. The van der Waals surface area contributed by atoms with E-state index in [1.165, 1.54) is 18.4 Å². The van der Waals surface area contributed by atoms with Gasteiger partial charge in [-0.3, -0.25) is 9.47 Å². The molecular weight excluding hydrogens is 635 g/mol. The van der Waals surface area contributed by atoms with Gasteiger partial charge in [-0.1, -0.05) is 66.9 Å². The predicted octanol–water partition coefficient (Wildman–Crippen LogP) is 8.46. The summed E-state index contributed by atoms with van der Waals surface area (Å²) < 4.78 is 9.83. The normalized spacial score (nSPS) is 16.2. The average Bonchev–Trinajstić information content (AvgIpc) is 3.79. The third-order valence-electron chi connectivity index (χ3n) is 9.64. The van der Waals surface area contributed by atoms with Gasteiger partial charge in [0.2, 0.25) is 0 Å². The van der Waals surface area contributed by atoms with Gasteiger partial charge in [0.1, 0.15) is 15.8 Å². The number of likely N-dealkylation sites (tertiary alicyclic amines) is 1. The van der Waals surface area contributed by atoms with E-state index in [0.717, 1.165) is 94.9 Å². The summed E-state index contributed by atoms with van der Waals surface area (Å²) in [5.74, 6) is 1.98. The number of nitrogen functional groups attached to an aromatic ring is 1. The Kier molecular flexibility index (Phi) is 8.46. The molecule has 48 heavy (non-hydrogen) atoms. The zero-order valence-electron chi connectivity index (χ0n) is 26.6. The van der Waals surface area contributed by atoms with Crippen molar-refractivity contribution < 1.29 is 4.74 Å². The zero-order chi connectivity index (χ0) is 32.6. The number of anilines is 2. The van der Waals surface area contributed by atoms with Gasteiger partial charge in [-0.15, -0.1) is 0 Å². The van der Waals surface area contributed by atoms with Gasteiger partial charge in [-0.2, -0.15) is 0 Å². The predicted molar refractivity (Wildman–Crippen MR) is 197 cm³/mol. The maximum atomic E-state index is 6.35. The Labute approximate surface area is 290 Å². The zero-order valence-corrected chi connectivity index (χ0v) is 28.3. The number of nitrogens with two attached hydrogens (primary N) is 1. The first-order chi connectivity index (χ1) is 23.5. The summed E-state index contributed by atoms with van der Waals surface area (Å²) in [4.78, 5) is 16.9. The first-order valence-corrected chi connectivity index (χ1v) is 17.6. The van der Waals surface area contributed by atoms with Crippen LogP contribution < -0.4 is 15.8 Å². The fourth-order valence-corrected chi connectivity index (χ4v) is 7.49. The molecule has 8 rings (SSSR count). The minimum atomic E-state index is 0.279. The monoisotopic (exact) mass is 671 g/mol.